The van der Waals surface area contributed by atoms with Gasteiger partial charge in [-0.15, -0.1) is 0 Å². The van der Waals surface area contributed by atoms with Crippen molar-refractivity contribution in [3.63, 3.8) is 0 Å². The van der Waals surface area contributed by atoms with Gasteiger partial charge in [0.2, 0.25) is 0 Å². The van der Waals surface area contributed by atoms with Gasteiger partial charge in [-0.1, -0.05) is 31.9 Å². The van der Waals surface area contributed by atoms with E-state index in [9.17, 15) is 13.2 Å². The van der Waals surface area contributed by atoms with E-state index in [1.54, 1.807) is 12.3 Å². The first-order chi connectivity index (χ1) is 10.8. The number of aryl methyl sites for hydroxylation is 3. The zero-order valence-electron chi connectivity index (χ0n) is 13.8. The molecule has 0 spiro atoms. The summed E-state index contributed by atoms with van der Waals surface area (Å²) < 4.78 is 39.6. The van der Waals surface area contributed by atoms with Crippen LogP contribution in [0.2, 0.25) is 0 Å². The van der Waals surface area contributed by atoms with Crippen LogP contribution < -0.4 is 0 Å². The molecule has 0 fully saturated rings. The molecule has 23 heavy (non-hydrogen) atoms. The highest BCUT2D eigenvalue weighted by Gasteiger charge is 2.33. The Morgan fingerprint density at radius 2 is 1.78 bits per heavy atom. The molecule has 0 aliphatic carbocycles. The van der Waals surface area contributed by atoms with Gasteiger partial charge in [0.15, 0.2) is 0 Å². The molecule has 2 aromatic rings. The quantitative estimate of drug-likeness (QED) is 0.605. The summed E-state index contributed by atoms with van der Waals surface area (Å²) >= 11 is 0. The number of nitrogens with zero attached hydrogens (tertiary/aromatic N) is 1. The van der Waals surface area contributed by atoms with Crippen molar-refractivity contribution in [3.05, 3.63) is 52.7 Å². The number of hydrogen-bond donors (Lipinski definition) is 0. The minimum absolute atomic E-state index is 0.366. The largest absolute Gasteiger partial charge is 0.416 e. The van der Waals surface area contributed by atoms with E-state index in [0.29, 0.717) is 12.0 Å². The van der Waals surface area contributed by atoms with Crippen molar-refractivity contribution in [1.29, 1.82) is 0 Å². The van der Waals surface area contributed by atoms with Crippen molar-refractivity contribution in [2.24, 2.45) is 0 Å². The molecule has 0 bridgehead atoms. The van der Waals surface area contributed by atoms with Crippen LogP contribution in [0.15, 0.2) is 30.5 Å². The van der Waals surface area contributed by atoms with Gasteiger partial charge in [0.05, 0.1) is 11.3 Å². The molecule has 124 valence electrons. The van der Waals surface area contributed by atoms with E-state index >= 15 is 0 Å². The first-order valence-electron chi connectivity index (χ1n) is 7.96. The lowest BCUT2D eigenvalue weighted by Gasteiger charge is -2.15. The lowest BCUT2D eigenvalue weighted by molar-refractivity contribution is -0.138. The summed E-state index contributed by atoms with van der Waals surface area (Å²) in [5.74, 6) is 0. The summed E-state index contributed by atoms with van der Waals surface area (Å²) in [4.78, 5) is 4.40. The SMILES string of the molecule is CCCCCc1cc(-c2ncc(C)cc2C)ccc1C(F)(F)F. The molecule has 0 N–H and O–H groups in total. The first kappa shape index (κ1) is 17.5. The van der Waals surface area contributed by atoms with Gasteiger partial charge in [-0.3, -0.25) is 4.98 Å². The van der Waals surface area contributed by atoms with E-state index in [1.165, 1.54) is 12.1 Å². The highest BCUT2D eigenvalue weighted by Crippen LogP contribution is 2.35. The van der Waals surface area contributed by atoms with Gasteiger partial charge in [-0.25, -0.2) is 0 Å². The summed E-state index contributed by atoms with van der Waals surface area (Å²) in [6.07, 6.45) is 0.570. The van der Waals surface area contributed by atoms with E-state index in [4.69, 9.17) is 0 Å². The Hall–Kier alpha value is -1.84. The van der Waals surface area contributed by atoms with Crippen LogP contribution in [-0.4, -0.2) is 4.98 Å². The van der Waals surface area contributed by atoms with E-state index in [-0.39, 0.29) is 0 Å². The van der Waals surface area contributed by atoms with E-state index in [0.717, 1.165) is 41.6 Å². The highest BCUT2D eigenvalue weighted by atomic mass is 19.4. The maximum Gasteiger partial charge on any atom is 0.416 e. The maximum absolute atomic E-state index is 13.2. The minimum atomic E-state index is -4.31. The standard InChI is InChI=1S/C19H22F3N/c1-4-5-6-7-15-11-16(8-9-17(15)19(20,21)22)18-14(3)10-13(2)12-23-18/h8-12H,4-7H2,1-3H3. The fourth-order valence-corrected chi connectivity index (χ4v) is 2.81. The van der Waals surface area contributed by atoms with Gasteiger partial charge in [0, 0.05) is 11.8 Å². The van der Waals surface area contributed by atoms with Gasteiger partial charge in [0.1, 0.15) is 0 Å². The van der Waals surface area contributed by atoms with Crippen molar-refractivity contribution >= 4 is 0 Å². The molecule has 2 rings (SSSR count). The fourth-order valence-electron chi connectivity index (χ4n) is 2.81. The molecule has 0 aliphatic rings. The Bertz CT molecular complexity index is 675. The molecule has 0 aliphatic heterocycles. The predicted molar refractivity (Wildman–Crippen MR) is 87.4 cm³/mol. The first-order valence-corrected chi connectivity index (χ1v) is 7.96. The van der Waals surface area contributed by atoms with Crippen LogP contribution in [0.1, 0.15) is 48.4 Å². The molecule has 1 nitrogen and oxygen atoms in total. The topological polar surface area (TPSA) is 12.9 Å². The Balaban J connectivity index is 2.44. The zero-order chi connectivity index (χ0) is 17.0. The number of aromatic nitrogens is 1. The molecule has 4 heteroatoms. The van der Waals surface area contributed by atoms with Gasteiger partial charge in [0.25, 0.3) is 0 Å². The Labute approximate surface area is 135 Å². The average Bonchev–Trinajstić information content (AvgIpc) is 2.46. The molecule has 0 saturated carbocycles. The molecular formula is C19H22F3N. The third-order valence-electron chi connectivity index (χ3n) is 3.95. The van der Waals surface area contributed by atoms with Crippen molar-refractivity contribution < 1.29 is 13.2 Å². The number of benzene rings is 1. The predicted octanol–water partition coefficient (Wildman–Crippen LogP) is 6.12. The lowest BCUT2D eigenvalue weighted by atomic mass is 9.95. The second-order valence-corrected chi connectivity index (χ2v) is 6.00. The molecule has 0 saturated heterocycles. The number of rotatable bonds is 5. The maximum atomic E-state index is 13.2. The number of hydrogen-bond acceptors (Lipinski definition) is 1. The van der Waals surface area contributed by atoms with E-state index in [2.05, 4.69) is 4.98 Å². The third-order valence-corrected chi connectivity index (χ3v) is 3.95. The van der Waals surface area contributed by atoms with Crippen molar-refractivity contribution in [2.45, 2.75) is 52.6 Å². The second-order valence-electron chi connectivity index (χ2n) is 6.00. The van der Waals surface area contributed by atoms with E-state index < -0.39 is 11.7 Å². The van der Waals surface area contributed by atoms with Crippen LogP contribution in [0.5, 0.6) is 0 Å². The Morgan fingerprint density at radius 3 is 2.39 bits per heavy atom. The third kappa shape index (κ3) is 4.34. The average molecular weight is 321 g/mol. The molecule has 0 radical (unpaired) electrons. The number of halogens is 3. The van der Waals surface area contributed by atoms with Gasteiger partial charge in [-0.2, -0.15) is 13.2 Å². The number of pyridine rings is 1. The molecular weight excluding hydrogens is 299 g/mol. The lowest BCUT2D eigenvalue weighted by Crippen LogP contribution is -2.09. The number of unbranched alkanes of at least 4 members (excludes halogenated alkanes) is 2. The summed E-state index contributed by atoms with van der Waals surface area (Å²) in [6, 6.07) is 6.37. The summed E-state index contributed by atoms with van der Waals surface area (Å²) in [5.41, 5.74) is 3.36. The van der Waals surface area contributed by atoms with Crippen LogP contribution >= 0.6 is 0 Å². The van der Waals surface area contributed by atoms with Gasteiger partial charge >= 0.3 is 6.18 Å². The van der Waals surface area contributed by atoms with Crippen molar-refractivity contribution in [3.8, 4) is 11.3 Å². The minimum Gasteiger partial charge on any atom is -0.256 e. The Morgan fingerprint density at radius 1 is 1.04 bits per heavy atom. The number of alkyl halides is 3. The molecule has 0 atom stereocenters. The van der Waals surface area contributed by atoms with E-state index in [1.807, 2.05) is 26.8 Å². The summed E-state index contributed by atoms with van der Waals surface area (Å²) in [6.45, 7) is 5.93. The van der Waals surface area contributed by atoms with Crippen LogP contribution in [-0.2, 0) is 12.6 Å². The fraction of sp³-hybridized carbons (Fsp3) is 0.421. The van der Waals surface area contributed by atoms with Crippen molar-refractivity contribution in [2.75, 3.05) is 0 Å². The molecule has 1 aromatic heterocycles. The van der Waals surface area contributed by atoms with Gasteiger partial charge in [-0.05, 0) is 55.5 Å². The highest BCUT2D eigenvalue weighted by molar-refractivity contribution is 5.64. The zero-order valence-corrected chi connectivity index (χ0v) is 13.8. The van der Waals surface area contributed by atoms with Crippen LogP contribution in [0.4, 0.5) is 13.2 Å². The van der Waals surface area contributed by atoms with Crippen LogP contribution in [0.25, 0.3) is 11.3 Å². The summed E-state index contributed by atoms with van der Waals surface area (Å²) in [5, 5.41) is 0. The Kier molecular flexibility index (Phi) is 5.45. The smallest absolute Gasteiger partial charge is 0.256 e. The second kappa shape index (κ2) is 7.16. The normalized spacial score (nSPS) is 11.7. The molecule has 1 aromatic carbocycles. The monoisotopic (exact) mass is 321 g/mol. The summed E-state index contributed by atoms with van der Waals surface area (Å²) in [7, 11) is 0. The molecule has 1 heterocycles. The van der Waals surface area contributed by atoms with Crippen LogP contribution in [0, 0.1) is 13.8 Å². The van der Waals surface area contributed by atoms with Gasteiger partial charge < -0.3 is 0 Å². The van der Waals surface area contributed by atoms with Crippen LogP contribution in [0.3, 0.4) is 0 Å². The molecule has 0 unspecified atom stereocenters. The van der Waals surface area contributed by atoms with Crippen molar-refractivity contribution in [1.82, 2.24) is 4.98 Å². The molecule has 0 amide bonds.